The van der Waals surface area contributed by atoms with Gasteiger partial charge >= 0.3 is 0 Å². The summed E-state index contributed by atoms with van der Waals surface area (Å²) < 4.78 is 38.7. The van der Waals surface area contributed by atoms with Crippen LogP contribution in [0.2, 0.25) is 0 Å². The maximum Gasteiger partial charge on any atom is 0.213 e. The zero-order valence-electron chi connectivity index (χ0n) is 9.90. The first kappa shape index (κ1) is 14.1. The lowest BCUT2D eigenvalue weighted by Gasteiger charge is -2.14. The van der Waals surface area contributed by atoms with Crippen LogP contribution in [0.3, 0.4) is 0 Å². The molecule has 0 aromatic heterocycles. The molecule has 2 N–H and O–H groups in total. The van der Waals surface area contributed by atoms with Gasteiger partial charge in [-0.2, -0.15) is 0 Å². The molecule has 0 radical (unpaired) electrons. The van der Waals surface area contributed by atoms with Gasteiger partial charge in [0.15, 0.2) is 0 Å². The first-order valence-corrected chi connectivity index (χ1v) is 7.00. The van der Waals surface area contributed by atoms with Crippen molar-refractivity contribution in [2.75, 3.05) is 19.3 Å². The first-order valence-electron chi connectivity index (χ1n) is 5.34. The Hall–Kier alpha value is -0.980. The van der Waals surface area contributed by atoms with Gasteiger partial charge in [0.2, 0.25) is 10.0 Å². The Morgan fingerprint density at radius 3 is 2.71 bits per heavy atom. The number of benzene rings is 1. The van der Waals surface area contributed by atoms with Crippen molar-refractivity contribution in [1.29, 1.82) is 0 Å². The fraction of sp³-hybridized carbons (Fsp3) is 0.455. The van der Waals surface area contributed by atoms with Gasteiger partial charge in [-0.3, -0.25) is 0 Å². The lowest BCUT2D eigenvalue weighted by molar-refractivity contribution is 0.562. The average Bonchev–Trinajstić information content (AvgIpc) is 2.26. The molecule has 1 aromatic rings. The largest absolute Gasteiger partial charge is 0.319 e. The third kappa shape index (κ3) is 4.80. The molecule has 17 heavy (non-hydrogen) atoms. The molecule has 0 aliphatic carbocycles. The van der Waals surface area contributed by atoms with E-state index in [-0.39, 0.29) is 11.6 Å². The van der Waals surface area contributed by atoms with Crippen LogP contribution in [-0.4, -0.2) is 27.8 Å². The highest BCUT2D eigenvalue weighted by Gasteiger charge is 2.15. The molecule has 1 aromatic carbocycles. The van der Waals surface area contributed by atoms with Crippen molar-refractivity contribution in [3.63, 3.8) is 0 Å². The number of rotatable bonds is 6. The van der Waals surface area contributed by atoms with Gasteiger partial charge in [-0.15, -0.1) is 0 Å². The second-order valence-corrected chi connectivity index (χ2v) is 5.69. The minimum Gasteiger partial charge on any atom is -0.319 e. The molecular weight excluding hydrogens is 243 g/mol. The van der Waals surface area contributed by atoms with E-state index in [9.17, 15) is 12.8 Å². The minimum absolute atomic E-state index is 0.00313. The topological polar surface area (TPSA) is 58.2 Å². The molecule has 1 atom stereocenters. The molecule has 0 saturated heterocycles. The number of hydrogen-bond acceptors (Lipinski definition) is 3. The van der Waals surface area contributed by atoms with Crippen LogP contribution in [0.1, 0.15) is 18.5 Å². The average molecular weight is 260 g/mol. The van der Waals surface area contributed by atoms with E-state index in [1.54, 1.807) is 26.1 Å². The molecule has 0 amide bonds. The standard InChI is InChI=1S/C11H17FN2O2S/c1-9(10-4-3-5-11(12)8-10)14-17(15,16)7-6-13-2/h3-5,8-9,13-14H,6-7H2,1-2H3. The van der Waals surface area contributed by atoms with Crippen LogP contribution in [0, 0.1) is 5.82 Å². The molecule has 4 nitrogen and oxygen atoms in total. The van der Waals surface area contributed by atoms with Gasteiger partial charge in [0, 0.05) is 12.6 Å². The smallest absolute Gasteiger partial charge is 0.213 e. The van der Waals surface area contributed by atoms with Gasteiger partial charge in [0.05, 0.1) is 5.75 Å². The van der Waals surface area contributed by atoms with E-state index in [2.05, 4.69) is 10.0 Å². The second-order valence-electron chi connectivity index (χ2n) is 3.82. The van der Waals surface area contributed by atoms with E-state index in [1.807, 2.05) is 0 Å². The number of hydrogen-bond donors (Lipinski definition) is 2. The second kappa shape index (κ2) is 6.09. The molecule has 0 spiro atoms. The van der Waals surface area contributed by atoms with E-state index in [1.165, 1.54) is 12.1 Å². The predicted octanol–water partition coefficient (Wildman–Crippen LogP) is 1.03. The highest BCUT2D eigenvalue weighted by molar-refractivity contribution is 7.89. The maximum absolute atomic E-state index is 13.0. The van der Waals surface area contributed by atoms with Crippen LogP contribution >= 0.6 is 0 Å². The third-order valence-corrected chi connectivity index (χ3v) is 3.78. The van der Waals surface area contributed by atoms with Gasteiger partial charge < -0.3 is 5.32 Å². The van der Waals surface area contributed by atoms with Crippen molar-refractivity contribution in [2.45, 2.75) is 13.0 Å². The van der Waals surface area contributed by atoms with E-state index >= 15 is 0 Å². The molecule has 0 heterocycles. The fourth-order valence-electron chi connectivity index (χ4n) is 1.41. The Bertz CT molecular complexity index is 462. The summed E-state index contributed by atoms with van der Waals surface area (Å²) in [6.07, 6.45) is 0. The van der Waals surface area contributed by atoms with E-state index < -0.39 is 16.1 Å². The highest BCUT2D eigenvalue weighted by Crippen LogP contribution is 2.14. The molecule has 96 valence electrons. The minimum atomic E-state index is -3.34. The normalized spacial score (nSPS) is 13.6. The molecule has 0 fully saturated rings. The van der Waals surface area contributed by atoms with E-state index in [0.717, 1.165) is 0 Å². The molecule has 1 rings (SSSR count). The summed E-state index contributed by atoms with van der Waals surface area (Å²) in [5, 5.41) is 2.77. The van der Waals surface area contributed by atoms with Gasteiger partial charge in [0.1, 0.15) is 5.82 Å². The number of nitrogens with one attached hydrogen (secondary N) is 2. The molecule has 0 aliphatic rings. The van der Waals surface area contributed by atoms with Crippen LogP contribution in [0.4, 0.5) is 4.39 Å². The van der Waals surface area contributed by atoms with Crippen molar-refractivity contribution in [3.05, 3.63) is 35.6 Å². The summed E-state index contributed by atoms with van der Waals surface area (Å²) in [4.78, 5) is 0. The fourth-order valence-corrected chi connectivity index (χ4v) is 2.67. The molecular formula is C11H17FN2O2S. The Morgan fingerprint density at radius 1 is 1.41 bits per heavy atom. The van der Waals surface area contributed by atoms with Crippen molar-refractivity contribution >= 4 is 10.0 Å². The number of sulfonamides is 1. The van der Waals surface area contributed by atoms with E-state index in [0.29, 0.717) is 12.1 Å². The maximum atomic E-state index is 13.0. The summed E-state index contributed by atoms with van der Waals surface area (Å²) in [6.45, 7) is 2.07. The lowest BCUT2D eigenvalue weighted by Crippen LogP contribution is -2.32. The summed E-state index contributed by atoms with van der Waals surface area (Å²) in [5.74, 6) is -0.368. The molecule has 0 bridgehead atoms. The lowest BCUT2D eigenvalue weighted by atomic mass is 10.1. The third-order valence-electron chi connectivity index (χ3n) is 2.33. The van der Waals surface area contributed by atoms with Gasteiger partial charge in [-0.05, 0) is 31.7 Å². The quantitative estimate of drug-likeness (QED) is 0.803. The van der Waals surface area contributed by atoms with Gasteiger partial charge in [0.25, 0.3) is 0 Å². The summed E-state index contributed by atoms with van der Waals surface area (Å²) in [6, 6.07) is 5.46. The van der Waals surface area contributed by atoms with E-state index in [4.69, 9.17) is 0 Å². The summed E-state index contributed by atoms with van der Waals surface area (Å²) >= 11 is 0. The summed E-state index contributed by atoms with van der Waals surface area (Å²) in [7, 11) is -1.65. The SMILES string of the molecule is CNCCS(=O)(=O)NC(C)c1cccc(F)c1. The predicted molar refractivity (Wildman–Crippen MR) is 65.7 cm³/mol. The highest BCUT2D eigenvalue weighted by atomic mass is 32.2. The first-order chi connectivity index (χ1) is 7.94. The Labute approximate surface area is 101 Å². The van der Waals surface area contributed by atoms with Crippen molar-refractivity contribution in [3.8, 4) is 0 Å². The number of halogens is 1. The molecule has 1 unspecified atom stereocenters. The molecule has 6 heteroatoms. The Balaban J connectivity index is 2.69. The zero-order valence-corrected chi connectivity index (χ0v) is 10.7. The van der Waals surface area contributed by atoms with Crippen LogP contribution in [-0.2, 0) is 10.0 Å². The van der Waals surface area contributed by atoms with Crippen molar-refractivity contribution in [2.24, 2.45) is 0 Å². The van der Waals surface area contributed by atoms with Gasteiger partial charge in [-0.25, -0.2) is 17.5 Å². The zero-order chi connectivity index (χ0) is 12.9. The van der Waals surface area contributed by atoms with Gasteiger partial charge in [-0.1, -0.05) is 12.1 Å². The van der Waals surface area contributed by atoms with Crippen LogP contribution in [0.5, 0.6) is 0 Å². The van der Waals surface area contributed by atoms with Crippen LogP contribution in [0.15, 0.2) is 24.3 Å². The van der Waals surface area contributed by atoms with Crippen LogP contribution < -0.4 is 10.0 Å². The van der Waals surface area contributed by atoms with Crippen LogP contribution in [0.25, 0.3) is 0 Å². The summed E-state index contributed by atoms with van der Waals surface area (Å²) in [5.41, 5.74) is 0.609. The van der Waals surface area contributed by atoms with Crippen molar-refractivity contribution < 1.29 is 12.8 Å². The molecule has 0 aliphatic heterocycles. The monoisotopic (exact) mass is 260 g/mol. The molecule has 0 saturated carbocycles. The Kier molecular flexibility index (Phi) is 5.04. The Morgan fingerprint density at radius 2 is 2.12 bits per heavy atom. The van der Waals surface area contributed by atoms with Crippen molar-refractivity contribution in [1.82, 2.24) is 10.0 Å².